The number of anilines is 1. The van der Waals surface area contributed by atoms with Crippen LogP contribution in [-0.4, -0.2) is 37.2 Å². The van der Waals surface area contributed by atoms with Crippen LogP contribution in [0.4, 0.5) is 5.69 Å². The number of nitrogens with zero attached hydrogens (tertiary/aromatic N) is 3. The van der Waals surface area contributed by atoms with Crippen molar-refractivity contribution >= 4 is 21.6 Å². The van der Waals surface area contributed by atoms with E-state index < -0.39 is 10.0 Å². The van der Waals surface area contributed by atoms with Gasteiger partial charge in [0.25, 0.3) is 0 Å². The number of carbonyl (C=O) groups is 1. The predicted octanol–water partition coefficient (Wildman–Crippen LogP) is 2.09. The molecule has 0 saturated heterocycles. The van der Waals surface area contributed by atoms with Gasteiger partial charge in [0.2, 0.25) is 15.9 Å². The maximum absolute atomic E-state index is 12.6. The summed E-state index contributed by atoms with van der Waals surface area (Å²) >= 11 is 0. The van der Waals surface area contributed by atoms with Crippen molar-refractivity contribution in [1.29, 1.82) is 0 Å². The summed E-state index contributed by atoms with van der Waals surface area (Å²) in [4.78, 5) is 13.9. The maximum atomic E-state index is 12.6. The Hall–Kier alpha value is -2.19. The molecule has 0 bridgehead atoms. The van der Waals surface area contributed by atoms with Crippen molar-refractivity contribution < 1.29 is 13.2 Å². The molecule has 0 aliphatic carbocycles. The number of benzene rings is 1. The molecule has 0 atom stereocenters. The minimum Gasteiger partial charge on any atom is -0.312 e. The van der Waals surface area contributed by atoms with Crippen LogP contribution in [0.1, 0.15) is 35.9 Å². The van der Waals surface area contributed by atoms with E-state index in [9.17, 15) is 13.2 Å². The highest BCUT2D eigenvalue weighted by molar-refractivity contribution is 7.89. The lowest BCUT2D eigenvalue weighted by atomic mass is 10.2. The lowest BCUT2D eigenvalue weighted by molar-refractivity contribution is -0.118. The lowest BCUT2D eigenvalue weighted by Gasteiger charge is -2.16. The van der Waals surface area contributed by atoms with Gasteiger partial charge in [-0.2, -0.15) is 5.10 Å². The third-order valence-corrected chi connectivity index (χ3v) is 6.68. The van der Waals surface area contributed by atoms with Crippen LogP contribution in [0.25, 0.3) is 0 Å². The van der Waals surface area contributed by atoms with Gasteiger partial charge in [0.15, 0.2) is 0 Å². The summed E-state index contributed by atoms with van der Waals surface area (Å²) in [6.45, 7) is 9.11. The van der Waals surface area contributed by atoms with Crippen LogP contribution in [0.5, 0.6) is 0 Å². The molecule has 3 rings (SSSR count). The molecule has 7 nitrogen and oxygen atoms in total. The smallest absolute Gasteiger partial charge is 0.240 e. The van der Waals surface area contributed by atoms with Crippen molar-refractivity contribution in [3.8, 4) is 0 Å². The Bertz CT molecular complexity index is 979. The average Bonchev–Trinajstić information content (AvgIpc) is 3.17. The zero-order chi connectivity index (χ0) is 19.8. The second-order valence-corrected chi connectivity index (χ2v) is 8.62. The number of hydrogen-bond acceptors (Lipinski definition) is 4. The van der Waals surface area contributed by atoms with Crippen molar-refractivity contribution in [2.45, 2.75) is 52.0 Å². The van der Waals surface area contributed by atoms with E-state index in [0.29, 0.717) is 25.9 Å². The standard InChI is InChI=1S/C19H26N4O3S/c1-5-19(24)22-10-8-16-12-17(6-7-18(16)22)27(25,26)20-9-11-23-15(4)13(2)14(3)21-23/h6-7,12,20H,5,8-11H2,1-4H3. The van der Waals surface area contributed by atoms with Gasteiger partial charge in [-0.3, -0.25) is 9.48 Å². The van der Waals surface area contributed by atoms with Crippen molar-refractivity contribution in [3.05, 3.63) is 40.7 Å². The van der Waals surface area contributed by atoms with E-state index in [0.717, 1.165) is 28.2 Å². The summed E-state index contributed by atoms with van der Waals surface area (Å²) < 4.78 is 29.7. The summed E-state index contributed by atoms with van der Waals surface area (Å²) in [6.07, 6.45) is 1.11. The molecule has 0 radical (unpaired) electrons. The fourth-order valence-electron chi connectivity index (χ4n) is 3.37. The first-order valence-electron chi connectivity index (χ1n) is 9.18. The summed E-state index contributed by atoms with van der Waals surface area (Å²) in [5.41, 5.74) is 4.85. The third kappa shape index (κ3) is 3.77. The number of aromatic nitrogens is 2. The normalized spacial score (nSPS) is 13.9. The second-order valence-electron chi connectivity index (χ2n) is 6.86. The van der Waals surface area contributed by atoms with Crippen LogP contribution >= 0.6 is 0 Å². The highest BCUT2D eigenvalue weighted by Gasteiger charge is 2.25. The quantitative estimate of drug-likeness (QED) is 0.818. The number of amides is 1. The predicted molar refractivity (Wildman–Crippen MR) is 104 cm³/mol. The fourth-order valence-corrected chi connectivity index (χ4v) is 4.44. The Kier molecular flexibility index (Phi) is 5.39. The topological polar surface area (TPSA) is 84.3 Å². The van der Waals surface area contributed by atoms with Crippen molar-refractivity contribution in [1.82, 2.24) is 14.5 Å². The summed E-state index contributed by atoms with van der Waals surface area (Å²) in [5, 5.41) is 4.43. The van der Waals surface area contributed by atoms with Crippen LogP contribution in [0, 0.1) is 20.8 Å². The highest BCUT2D eigenvalue weighted by Crippen LogP contribution is 2.30. The summed E-state index contributed by atoms with van der Waals surface area (Å²) in [7, 11) is -3.61. The first kappa shape index (κ1) is 19.6. The largest absolute Gasteiger partial charge is 0.312 e. The Morgan fingerprint density at radius 1 is 1.26 bits per heavy atom. The first-order valence-corrected chi connectivity index (χ1v) is 10.7. The third-order valence-electron chi connectivity index (χ3n) is 5.22. The molecule has 2 aromatic rings. The molecule has 2 heterocycles. The van der Waals surface area contributed by atoms with E-state index in [1.807, 2.05) is 32.4 Å². The zero-order valence-corrected chi connectivity index (χ0v) is 17.1. The molecule has 0 unspecified atom stereocenters. The van der Waals surface area contributed by atoms with E-state index in [-0.39, 0.29) is 17.3 Å². The summed E-state index contributed by atoms with van der Waals surface area (Å²) in [6, 6.07) is 4.97. The van der Waals surface area contributed by atoms with Gasteiger partial charge in [0, 0.05) is 30.9 Å². The van der Waals surface area contributed by atoms with Gasteiger partial charge in [-0.15, -0.1) is 0 Å². The molecule has 0 saturated carbocycles. The van der Waals surface area contributed by atoms with Crippen LogP contribution < -0.4 is 9.62 Å². The fraction of sp³-hybridized carbons (Fsp3) is 0.474. The molecule has 1 aromatic carbocycles. The Balaban J connectivity index is 1.70. The van der Waals surface area contributed by atoms with Gasteiger partial charge in [-0.05, 0) is 56.5 Å². The van der Waals surface area contributed by atoms with Gasteiger partial charge in [-0.1, -0.05) is 6.92 Å². The minimum absolute atomic E-state index is 0.0580. The molecule has 0 spiro atoms. The number of carbonyl (C=O) groups excluding carboxylic acids is 1. The Labute approximate surface area is 160 Å². The molecule has 1 aliphatic rings. The molecule has 1 amide bonds. The van der Waals surface area contributed by atoms with Crippen LogP contribution in [-0.2, 0) is 27.8 Å². The van der Waals surface area contributed by atoms with E-state index in [1.165, 1.54) is 0 Å². The van der Waals surface area contributed by atoms with Crippen molar-refractivity contribution in [2.75, 3.05) is 18.0 Å². The second kappa shape index (κ2) is 7.44. The highest BCUT2D eigenvalue weighted by atomic mass is 32.2. The molecule has 1 aromatic heterocycles. The van der Waals surface area contributed by atoms with Crippen LogP contribution in [0.15, 0.2) is 23.1 Å². The number of rotatable bonds is 6. The van der Waals surface area contributed by atoms with Crippen molar-refractivity contribution in [2.24, 2.45) is 0 Å². The number of fused-ring (bicyclic) bond motifs is 1. The SMILES string of the molecule is CCC(=O)N1CCc2cc(S(=O)(=O)NCCn3nc(C)c(C)c3C)ccc21. The molecule has 8 heteroatoms. The molecule has 1 N–H and O–H groups in total. The Morgan fingerprint density at radius 3 is 2.63 bits per heavy atom. The summed E-state index contributed by atoms with van der Waals surface area (Å²) in [5.74, 6) is 0.0580. The van der Waals surface area contributed by atoms with Gasteiger partial charge in [-0.25, -0.2) is 13.1 Å². The zero-order valence-electron chi connectivity index (χ0n) is 16.2. The molecule has 1 aliphatic heterocycles. The monoisotopic (exact) mass is 390 g/mol. The van der Waals surface area contributed by atoms with Gasteiger partial charge in [0.1, 0.15) is 0 Å². The molecule has 0 fully saturated rings. The van der Waals surface area contributed by atoms with E-state index in [4.69, 9.17) is 0 Å². The lowest BCUT2D eigenvalue weighted by Crippen LogP contribution is -2.28. The van der Waals surface area contributed by atoms with Gasteiger partial charge in [0.05, 0.1) is 17.1 Å². The molecular weight excluding hydrogens is 364 g/mol. The number of sulfonamides is 1. The van der Waals surface area contributed by atoms with Crippen LogP contribution in [0.2, 0.25) is 0 Å². The molecule has 146 valence electrons. The van der Waals surface area contributed by atoms with E-state index in [2.05, 4.69) is 9.82 Å². The average molecular weight is 391 g/mol. The van der Waals surface area contributed by atoms with Gasteiger partial charge >= 0.3 is 0 Å². The number of nitrogens with one attached hydrogen (secondary N) is 1. The van der Waals surface area contributed by atoms with E-state index >= 15 is 0 Å². The molecule has 27 heavy (non-hydrogen) atoms. The molecular formula is C19H26N4O3S. The minimum atomic E-state index is -3.61. The Morgan fingerprint density at radius 2 is 2.00 bits per heavy atom. The first-order chi connectivity index (χ1) is 12.7. The van der Waals surface area contributed by atoms with Crippen molar-refractivity contribution in [3.63, 3.8) is 0 Å². The van der Waals surface area contributed by atoms with E-state index in [1.54, 1.807) is 23.1 Å². The number of aryl methyl sites for hydroxylation is 1. The number of hydrogen-bond donors (Lipinski definition) is 1. The van der Waals surface area contributed by atoms with Gasteiger partial charge < -0.3 is 4.90 Å². The maximum Gasteiger partial charge on any atom is 0.240 e. The van der Waals surface area contributed by atoms with Crippen LogP contribution in [0.3, 0.4) is 0 Å².